The first-order chi connectivity index (χ1) is 7.63. The van der Waals surface area contributed by atoms with E-state index in [1.165, 1.54) is 0 Å². The number of aliphatic hydroxyl groups is 1. The molecular weight excluding hydrogens is 204 g/mol. The van der Waals surface area contributed by atoms with Crippen LogP contribution in [-0.2, 0) is 4.79 Å². The zero-order chi connectivity index (χ0) is 12.4. The van der Waals surface area contributed by atoms with Crippen LogP contribution < -0.4 is 0 Å². The average molecular weight is 230 g/mol. The van der Waals surface area contributed by atoms with Gasteiger partial charge in [-0.25, -0.2) is 0 Å². The summed E-state index contributed by atoms with van der Waals surface area (Å²) in [5.74, 6) is -0.678. The van der Waals surface area contributed by atoms with E-state index in [2.05, 4.69) is 13.8 Å². The molecule has 0 bridgehead atoms. The lowest BCUT2D eigenvalue weighted by Gasteiger charge is -2.29. The predicted molar refractivity (Wildman–Crippen MR) is 65.4 cm³/mol. The molecule has 0 aliphatic rings. The number of carboxylic acid groups (broad SMARTS) is 1. The molecule has 0 atom stereocenters. The Hall–Kier alpha value is -0.570. The first-order valence-electron chi connectivity index (χ1n) is 6.47. The van der Waals surface area contributed by atoms with Crippen LogP contribution >= 0.6 is 0 Å². The van der Waals surface area contributed by atoms with Crippen LogP contribution in [-0.4, -0.2) is 22.8 Å². The van der Waals surface area contributed by atoms with Crippen molar-refractivity contribution in [2.45, 2.75) is 65.2 Å². The second-order valence-electron chi connectivity index (χ2n) is 4.62. The molecule has 0 fully saturated rings. The molecule has 2 N–H and O–H groups in total. The maximum atomic E-state index is 11.5. The highest BCUT2D eigenvalue weighted by Crippen LogP contribution is 2.36. The smallest absolute Gasteiger partial charge is 0.309 e. The van der Waals surface area contributed by atoms with Gasteiger partial charge in [0.15, 0.2) is 0 Å². The monoisotopic (exact) mass is 230 g/mol. The predicted octanol–water partition coefficient (Wildman–Crippen LogP) is 3.21. The van der Waals surface area contributed by atoms with E-state index in [0.717, 1.165) is 38.5 Å². The number of aliphatic carboxylic acids is 1. The molecule has 0 rings (SSSR count). The van der Waals surface area contributed by atoms with Crippen molar-refractivity contribution < 1.29 is 15.0 Å². The SMILES string of the molecule is CCCCC(CCCC)(CCCO)C(=O)O. The number of carboxylic acids is 1. The zero-order valence-electron chi connectivity index (χ0n) is 10.7. The molecule has 0 spiro atoms. The van der Waals surface area contributed by atoms with Gasteiger partial charge in [0.2, 0.25) is 0 Å². The molecule has 0 saturated heterocycles. The normalized spacial score (nSPS) is 11.7. The molecule has 0 heterocycles. The molecule has 0 radical (unpaired) electrons. The summed E-state index contributed by atoms with van der Waals surface area (Å²) in [6.45, 7) is 4.25. The Kier molecular flexibility index (Phi) is 8.26. The average Bonchev–Trinajstić information content (AvgIpc) is 2.28. The molecule has 16 heavy (non-hydrogen) atoms. The molecule has 0 aromatic heterocycles. The van der Waals surface area contributed by atoms with Crippen LogP contribution in [0, 0.1) is 5.41 Å². The Morgan fingerprint density at radius 1 is 1.00 bits per heavy atom. The van der Waals surface area contributed by atoms with Crippen LogP contribution in [0.25, 0.3) is 0 Å². The minimum atomic E-state index is -0.678. The van der Waals surface area contributed by atoms with Gasteiger partial charge in [-0.1, -0.05) is 39.5 Å². The standard InChI is InChI=1S/C13H26O3/c1-3-5-8-13(12(15)16,9-6-4-2)10-7-11-14/h14H,3-11H2,1-2H3,(H,15,16). The van der Waals surface area contributed by atoms with Crippen molar-refractivity contribution in [3.05, 3.63) is 0 Å². The van der Waals surface area contributed by atoms with E-state index in [0.29, 0.717) is 12.8 Å². The summed E-state index contributed by atoms with van der Waals surface area (Å²) in [4.78, 5) is 11.5. The van der Waals surface area contributed by atoms with Gasteiger partial charge in [-0.05, 0) is 25.7 Å². The summed E-state index contributed by atoms with van der Waals surface area (Å²) in [6.07, 6.45) is 6.68. The van der Waals surface area contributed by atoms with Crippen LogP contribution in [0.2, 0.25) is 0 Å². The summed E-state index contributed by atoms with van der Waals surface area (Å²) in [5, 5.41) is 18.3. The van der Waals surface area contributed by atoms with Gasteiger partial charge >= 0.3 is 5.97 Å². The summed E-state index contributed by atoms with van der Waals surface area (Å²) in [5.41, 5.74) is -0.589. The van der Waals surface area contributed by atoms with Gasteiger partial charge in [-0.2, -0.15) is 0 Å². The second kappa shape index (κ2) is 8.57. The molecule has 0 unspecified atom stereocenters. The lowest BCUT2D eigenvalue weighted by molar-refractivity contribution is -0.150. The van der Waals surface area contributed by atoms with Gasteiger partial charge in [0.1, 0.15) is 0 Å². The van der Waals surface area contributed by atoms with Crippen molar-refractivity contribution in [3.63, 3.8) is 0 Å². The maximum absolute atomic E-state index is 11.5. The van der Waals surface area contributed by atoms with Crippen molar-refractivity contribution in [2.75, 3.05) is 6.61 Å². The van der Waals surface area contributed by atoms with Gasteiger partial charge in [-0.3, -0.25) is 4.79 Å². The maximum Gasteiger partial charge on any atom is 0.309 e. The van der Waals surface area contributed by atoms with Gasteiger partial charge in [-0.15, -0.1) is 0 Å². The van der Waals surface area contributed by atoms with Gasteiger partial charge < -0.3 is 10.2 Å². The lowest BCUT2D eigenvalue weighted by Crippen LogP contribution is -2.31. The molecule has 0 aliphatic heterocycles. The van der Waals surface area contributed by atoms with Crippen LogP contribution in [0.5, 0.6) is 0 Å². The highest BCUT2D eigenvalue weighted by molar-refractivity contribution is 5.74. The number of rotatable bonds is 10. The molecule has 0 aliphatic carbocycles. The van der Waals surface area contributed by atoms with E-state index in [4.69, 9.17) is 5.11 Å². The van der Waals surface area contributed by atoms with E-state index >= 15 is 0 Å². The van der Waals surface area contributed by atoms with Crippen LogP contribution in [0.15, 0.2) is 0 Å². The molecule has 0 amide bonds. The zero-order valence-corrected chi connectivity index (χ0v) is 10.7. The molecule has 3 heteroatoms. The van der Waals surface area contributed by atoms with E-state index in [-0.39, 0.29) is 6.61 Å². The molecule has 96 valence electrons. The van der Waals surface area contributed by atoms with E-state index < -0.39 is 11.4 Å². The van der Waals surface area contributed by atoms with Gasteiger partial charge in [0.05, 0.1) is 5.41 Å². The third-order valence-corrected chi connectivity index (χ3v) is 3.28. The van der Waals surface area contributed by atoms with Crippen molar-refractivity contribution >= 4 is 5.97 Å². The van der Waals surface area contributed by atoms with Crippen molar-refractivity contribution in [2.24, 2.45) is 5.41 Å². The summed E-state index contributed by atoms with van der Waals surface area (Å²) in [7, 11) is 0. The summed E-state index contributed by atoms with van der Waals surface area (Å²) in [6, 6.07) is 0. The molecular formula is C13H26O3. The summed E-state index contributed by atoms with van der Waals surface area (Å²) < 4.78 is 0. The highest BCUT2D eigenvalue weighted by Gasteiger charge is 2.36. The topological polar surface area (TPSA) is 57.5 Å². The fourth-order valence-electron chi connectivity index (χ4n) is 2.14. The second-order valence-corrected chi connectivity index (χ2v) is 4.62. The fraction of sp³-hybridized carbons (Fsp3) is 0.923. The number of carbonyl (C=O) groups is 1. The number of hydrogen-bond acceptors (Lipinski definition) is 2. The first kappa shape index (κ1) is 15.4. The Labute approximate surface area is 98.9 Å². The van der Waals surface area contributed by atoms with Crippen LogP contribution in [0.3, 0.4) is 0 Å². The van der Waals surface area contributed by atoms with E-state index in [1.54, 1.807) is 0 Å². The number of aliphatic hydroxyl groups excluding tert-OH is 1. The number of unbranched alkanes of at least 4 members (excludes halogenated alkanes) is 2. The highest BCUT2D eigenvalue weighted by atomic mass is 16.4. The fourth-order valence-corrected chi connectivity index (χ4v) is 2.14. The molecule has 0 saturated carbocycles. The molecule has 3 nitrogen and oxygen atoms in total. The summed E-state index contributed by atoms with van der Waals surface area (Å²) >= 11 is 0. The Bertz CT molecular complexity index is 168. The largest absolute Gasteiger partial charge is 0.481 e. The molecule has 0 aromatic rings. The minimum absolute atomic E-state index is 0.0906. The van der Waals surface area contributed by atoms with Gasteiger partial charge in [0.25, 0.3) is 0 Å². The Morgan fingerprint density at radius 3 is 1.75 bits per heavy atom. The quantitative estimate of drug-likeness (QED) is 0.606. The molecule has 0 aromatic carbocycles. The third-order valence-electron chi connectivity index (χ3n) is 3.28. The van der Waals surface area contributed by atoms with Crippen molar-refractivity contribution in [3.8, 4) is 0 Å². The third kappa shape index (κ3) is 4.97. The lowest BCUT2D eigenvalue weighted by atomic mass is 9.75. The van der Waals surface area contributed by atoms with Crippen molar-refractivity contribution in [1.29, 1.82) is 0 Å². The van der Waals surface area contributed by atoms with E-state index in [1.807, 2.05) is 0 Å². The van der Waals surface area contributed by atoms with Crippen LogP contribution in [0.1, 0.15) is 65.2 Å². The minimum Gasteiger partial charge on any atom is -0.481 e. The number of hydrogen-bond donors (Lipinski definition) is 2. The van der Waals surface area contributed by atoms with E-state index in [9.17, 15) is 9.90 Å². The first-order valence-corrected chi connectivity index (χ1v) is 6.47. The van der Waals surface area contributed by atoms with Crippen LogP contribution in [0.4, 0.5) is 0 Å². The Balaban J connectivity index is 4.52. The Morgan fingerprint density at radius 2 is 1.44 bits per heavy atom. The van der Waals surface area contributed by atoms with Crippen molar-refractivity contribution in [1.82, 2.24) is 0 Å². The van der Waals surface area contributed by atoms with Gasteiger partial charge in [0, 0.05) is 6.61 Å².